The predicted molar refractivity (Wildman–Crippen MR) is 136 cm³/mol. The molecule has 3 amide bonds. The summed E-state index contributed by atoms with van der Waals surface area (Å²) in [5.74, 6) is 0.592. The number of hydrogen-bond donors (Lipinski definition) is 2. The Hall–Kier alpha value is -4.11. The topological polar surface area (TPSA) is 116 Å². The second-order valence-electron chi connectivity index (χ2n) is 8.10. The molecule has 1 atom stereocenters. The SMILES string of the molecule is CC(C)C(Sc1nc2ccccc2c(=O)n1-c1ccc(Oc2ccccc2)cc1)C(=O)NC(N)=O. The zero-order chi connectivity index (χ0) is 24.9. The normalized spacial score (nSPS) is 11.9. The van der Waals surface area contributed by atoms with Crippen molar-refractivity contribution in [3.63, 3.8) is 0 Å². The lowest BCUT2D eigenvalue weighted by molar-refractivity contribution is -0.120. The average molecular weight is 489 g/mol. The van der Waals surface area contributed by atoms with Gasteiger partial charge in [0.15, 0.2) is 5.16 Å². The van der Waals surface area contributed by atoms with Gasteiger partial charge < -0.3 is 10.5 Å². The number of ether oxygens (including phenoxy) is 1. The molecule has 0 saturated heterocycles. The molecule has 0 aliphatic rings. The van der Waals surface area contributed by atoms with Crippen LogP contribution in [0.1, 0.15) is 13.8 Å². The van der Waals surface area contributed by atoms with Gasteiger partial charge >= 0.3 is 6.03 Å². The smallest absolute Gasteiger partial charge is 0.318 e. The molecule has 3 aromatic carbocycles. The van der Waals surface area contributed by atoms with Crippen LogP contribution in [0.4, 0.5) is 4.79 Å². The molecule has 0 aliphatic carbocycles. The van der Waals surface area contributed by atoms with Crippen LogP contribution in [0.3, 0.4) is 0 Å². The molecule has 4 aromatic rings. The summed E-state index contributed by atoms with van der Waals surface area (Å²) in [6.45, 7) is 3.69. The molecule has 1 heterocycles. The summed E-state index contributed by atoms with van der Waals surface area (Å²) >= 11 is 1.10. The molecule has 35 heavy (non-hydrogen) atoms. The monoisotopic (exact) mass is 488 g/mol. The van der Waals surface area contributed by atoms with Crippen molar-refractivity contribution < 1.29 is 14.3 Å². The predicted octanol–water partition coefficient (Wildman–Crippen LogP) is 4.49. The van der Waals surface area contributed by atoms with Crippen LogP contribution in [-0.2, 0) is 4.79 Å². The van der Waals surface area contributed by atoms with Gasteiger partial charge in [-0.25, -0.2) is 9.78 Å². The van der Waals surface area contributed by atoms with E-state index in [-0.39, 0.29) is 11.5 Å². The van der Waals surface area contributed by atoms with Gasteiger partial charge in [-0.2, -0.15) is 0 Å². The Balaban J connectivity index is 1.77. The maximum Gasteiger partial charge on any atom is 0.318 e. The summed E-state index contributed by atoms with van der Waals surface area (Å²) in [6.07, 6.45) is 0. The van der Waals surface area contributed by atoms with E-state index in [9.17, 15) is 14.4 Å². The van der Waals surface area contributed by atoms with Crippen LogP contribution >= 0.6 is 11.8 Å². The van der Waals surface area contributed by atoms with E-state index < -0.39 is 17.2 Å². The molecular formula is C26H24N4O4S. The number of carbonyl (C=O) groups excluding carboxylic acids is 2. The van der Waals surface area contributed by atoms with Gasteiger partial charge in [-0.1, -0.05) is 55.9 Å². The first kappa shape index (κ1) is 24.0. The number of carbonyl (C=O) groups is 2. The highest BCUT2D eigenvalue weighted by Crippen LogP contribution is 2.30. The highest BCUT2D eigenvalue weighted by atomic mass is 32.2. The first-order valence-electron chi connectivity index (χ1n) is 11.0. The molecule has 178 valence electrons. The standard InChI is InChI=1S/C26H24N4O4S/c1-16(2)22(23(31)29-25(27)33)35-26-28-21-11-7-6-10-20(21)24(32)30(26)17-12-14-19(15-13-17)34-18-8-4-3-5-9-18/h3-16,22H,1-2H3,(H3,27,29,31,33). The number of imide groups is 1. The number of thioether (sulfide) groups is 1. The maximum atomic E-state index is 13.5. The second kappa shape index (κ2) is 10.4. The molecule has 0 fully saturated rings. The number of aromatic nitrogens is 2. The van der Waals surface area contributed by atoms with Crippen molar-refractivity contribution in [1.29, 1.82) is 0 Å². The number of benzene rings is 3. The van der Waals surface area contributed by atoms with Gasteiger partial charge in [0.25, 0.3) is 5.56 Å². The van der Waals surface area contributed by atoms with E-state index in [0.29, 0.717) is 33.2 Å². The molecule has 0 aliphatic heterocycles. The van der Waals surface area contributed by atoms with Crippen LogP contribution in [0.15, 0.2) is 88.8 Å². The molecular weight excluding hydrogens is 464 g/mol. The van der Waals surface area contributed by atoms with Crippen LogP contribution in [0.2, 0.25) is 0 Å². The fourth-order valence-corrected chi connectivity index (χ4v) is 4.62. The minimum absolute atomic E-state index is 0.169. The van der Waals surface area contributed by atoms with E-state index in [2.05, 4.69) is 10.3 Å². The van der Waals surface area contributed by atoms with E-state index in [1.165, 1.54) is 4.57 Å². The second-order valence-corrected chi connectivity index (χ2v) is 9.21. The Bertz CT molecular complexity index is 1420. The highest BCUT2D eigenvalue weighted by Gasteiger charge is 2.27. The Morgan fingerprint density at radius 1 is 0.943 bits per heavy atom. The van der Waals surface area contributed by atoms with E-state index in [4.69, 9.17) is 10.5 Å². The third kappa shape index (κ3) is 5.52. The fraction of sp³-hybridized carbons (Fsp3) is 0.154. The third-order valence-electron chi connectivity index (χ3n) is 5.16. The van der Waals surface area contributed by atoms with Gasteiger partial charge in [-0.15, -0.1) is 0 Å². The number of rotatable bonds is 7. The zero-order valence-corrected chi connectivity index (χ0v) is 20.0. The van der Waals surface area contributed by atoms with Gasteiger partial charge in [-0.3, -0.25) is 19.5 Å². The van der Waals surface area contributed by atoms with E-state index in [0.717, 1.165) is 11.8 Å². The summed E-state index contributed by atoms with van der Waals surface area (Å²) in [5, 5.41) is 2.20. The van der Waals surface area contributed by atoms with Crippen molar-refractivity contribution in [3.8, 4) is 17.2 Å². The number of nitrogens with one attached hydrogen (secondary N) is 1. The first-order chi connectivity index (χ1) is 16.8. The number of hydrogen-bond acceptors (Lipinski definition) is 6. The third-order valence-corrected chi connectivity index (χ3v) is 6.66. The molecule has 1 aromatic heterocycles. The van der Waals surface area contributed by atoms with Gasteiger partial charge in [0, 0.05) is 0 Å². The van der Waals surface area contributed by atoms with Crippen molar-refractivity contribution in [1.82, 2.24) is 14.9 Å². The van der Waals surface area contributed by atoms with Gasteiger partial charge in [0.2, 0.25) is 5.91 Å². The number of primary amides is 1. The van der Waals surface area contributed by atoms with Crippen molar-refractivity contribution in [2.24, 2.45) is 11.7 Å². The number of para-hydroxylation sites is 2. The number of nitrogens with zero attached hydrogens (tertiary/aromatic N) is 2. The molecule has 4 rings (SSSR count). The zero-order valence-electron chi connectivity index (χ0n) is 19.2. The molecule has 0 saturated carbocycles. The number of fused-ring (bicyclic) bond motifs is 1. The lowest BCUT2D eigenvalue weighted by atomic mass is 10.1. The van der Waals surface area contributed by atoms with Crippen LogP contribution in [-0.4, -0.2) is 26.7 Å². The fourth-order valence-electron chi connectivity index (χ4n) is 3.51. The highest BCUT2D eigenvalue weighted by molar-refractivity contribution is 8.00. The Kier molecular flexibility index (Phi) is 7.17. The van der Waals surface area contributed by atoms with Crippen LogP contribution in [0.5, 0.6) is 11.5 Å². The Morgan fingerprint density at radius 3 is 2.23 bits per heavy atom. The van der Waals surface area contributed by atoms with Gasteiger partial charge in [-0.05, 0) is 54.4 Å². The first-order valence-corrected chi connectivity index (χ1v) is 11.8. The van der Waals surface area contributed by atoms with Crippen LogP contribution < -0.4 is 21.3 Å². The summed E-state index contributed by atoms with van der Waals surface area (Å²) in [6, 6.07) is 22.5. The van der Waals surface area contributed by atoms with Crippen molar-refractivity contribution in [3.05, 3.63) is 89.2 Å². The summed E-state index contributed by atoms with van der Waals surface area (Å²) in [7, 11) is 0. The van der Waals surface area contributed by atoms with Gasteiger partial charge in [0.1, 0.15) is 11.5 Å². The minimum atomic E-state index is -0.931. The van der Waals surface area contributed by atoms with Crippen molar-refractivity contribution >= 4 is 34.6 Å². The quantitative estimate of drug-likeness (QED) is 0.292. The van der Waals surface area contributed by atoms with Crippen molar-refractivity contribution in [2.45, 2.75) is 24.3 Å². The molecule has 9 heteroatoms. The Labute approximate surface area is 206 Å². The molecule has 0 spiro atoms. The lowest BCUT2D eigenvalue weighted by Gasteiger charge is -2.21. The van der Waals surface area contributed by atoms with Crippen molar-refractivity contribution in [2.75, 3.05) is 0 Å². The minimum Gasteiger partial charge on any atom is -0.457 e. The summed E-state index contributed by atoms with van der Waals surface area (Å²) in [5.41, 5.74) is 5.96. The maximum absolute atomic E-state index is 13.5. The Morgan fingerprint density at radius 2 is 1.57 bits per heavy atom. The molecule has 0 bridgehead atoms. The lowest BCUT2D eigenvalue weighted by Crippen LogP contribution is -2.42. The van der Waals surface area contributed by atoms with Crippen LogP contribution in [0, 0.1) is 5.92 Å². The van der Waals surface area contributed by atoms with E-state index in [1.54, 1.807) is 48.5 Å². The summed E-state index contributed by atoms with van der Waals surface area (Å²) < 4.78 is 7.32. The molecule has 8 nitrogen and oxygen atoms in total. The van der Waals surface area contributed by atoms with E-state index >= 15 is 0 Å². The molecule has 3 N–H and O–H groups in total. The summed E-state index contributed by atoms with van der Waals surface area (Å²) in [4.78, 5) is 42.1. The molecule has 0 radical (unpaired) electrons. The number of nitrogens with two attached hydrogens (primary N) is 1. The molecule has 1 unspecified atom stereocenters. The largest absolute Gasteiger partial charge is 0.457 e. The van der Waals surface area contributed by atoms with Gasteiger partial charge in [0.05, 0.1) is 21.8 Å². The number of urea groups is 1. The number of amides is 3. The average Bonchev–Trinajstić information content (AvgIpc) is 2.83. The van der Waals surface area contributed by atoms with E-state index in [1.807, 2.05) is 44.2 Å². The van der Waals surface area contributed by atoms with Crippen LogP contribution in [0.25, 0.3) is 16.6 Å².